The Morgan fingerprint density at radius 1 is 1.33 bits per heavy atom. The monoisotopic (exact) mass is 411 g/mol. The van der Waals surface area contributed by atoms with Gasteiger partial charge in [-0.15, -0.1) is 11.3 Å². The van der Waals surface area contributed by atoms with E-state index in [-0.39, 0.29) is 17.7 Å². The molecule has 1 aliphatic heterocycles. The Hall–Kier alpha value is -2.00. The van der Waals surface area contributed by atoms with Gasteiger partial charge in [0.05, 0.1) is 0 Å². The van der Waals surface area contributed by atoms with Gasteiger partial charge in [0.2, 0.25) is 5.91 Å². The molecule has 1 N–H and O–H groups in total. The quantitative estimate of drug-likeness (QED) is 0.738. The highest BCUT2D eigenvalue weighted by molar-refractivity contribution is 7.99. The van der Waals surface area contributed by atoms with E-state index >= 15 is 0 Å². The predicted octanol–water partition coefficient (Wildman–Crippen LogP) is 3.63. The molecule has 1 fully saturated rings. The van der Waals surface area contributed by atoms with Crippen LogP contribution < -0.4 is 5.32 Å². The molecule has 0 spiro atoms. The molecular weight excluding hydrogens is 392 g/mol. The molecule has 0 radical (unpaired) electrons. The van der Waals surface area contributed by atoms with E-state index in [1.54, 1.807) is 28.7 Å². The van der Waals surface area contributed by atoms with E-state index in [0.29, 0.717) is 54.0 Å². The number of thiophene rings is 1. The van der Waals surface area contributed by atoms with Crippen molar-refractivity contribution in [3.05, 3.63) is 46.4 Å². The van der Waals surface area contributed by atoms with Crippen molar-refractivity contribution in [3.8, 4) is 0 Å². The summed E-state index contributed by atoms with van der Waals surface area (Å²) in [6.45, 7) is 1.32. The number of likely N-dealkylation sites (tertiary alicyclic amines) is 1. The average Bonchev–Trinajstić information content (AvgIpc) is 3.14. The molecule has 5 nitrogen and oxygen atoms in total. The minimum absolute atomic E-state index is 0.0315. The van der Waals surface area contributed by atoms with Gasteiger partial charge in [-0.3, -0.25) is 14.6 Å². The highest BCUT2D eigenvalue weighted by Gasteiger charge is 2.29. The molecule has 2 amide bonds. The Bertz CT molecular complexity index is 778. The number of aromatic nitrogens is 1. The fourth-order valence-corrected chi connectivity index (χ4v) is 4.63. The summed E-state index contributed by atoms with van der Waals surface area (Å²) in [7, 11) is 0. The van der Waals surface area contributed by atoms with E-state index in [2.05, 4.69) is 10.3 Å². The molecular formula is C18H19F2N3O2S2. The molecule has 1 saturated heterocycles. The van der Waals surface area contributed by atoms with E-state index < -0.39 is 5.76 Å². The van der Waals surface area contributed by atoms with Crippen LogP contribution in [0.3, 0.4) is 0 Å². The van der Waals surface area contributed by atoms with E-state index in [9.17, 15) is 18.4 Å². The van der Waals surface area contributed by atoms with Crippen molar-refractivity contribution < 1.29 is 18.4 Å². The summed E-state index contributed by atoms with van der Waals surface area (Å²) in [5.74, 6) is -2.97. The fourth-order valence-electron chi connectivity index (χ4n) is 2.97. The number of nitrogens with one attached hydrogen (secondary N) is 1. The number of pyridine rings is 1. The molecule has 0 aliphatic carbocycles. The normalized spacial score (nSPS) is 15.1. The first kappa shape index (κ1) is 19.8. The van der Waals surface area contributed by atoms with Crippen molar-refractivity contribution in [2.24, 2.45) is 5.92 Å². The summed E-state index contributed by atoms with van der Waals surface area (Å²) in [6, 6.07) is 5.26. The highest BCUT2D eigenvalue weighted by atomic mass is 32.2. The van der Waals surface area contributed by atoms with Gasteiger partial charge in [0.15, 0.2) is 0 Å². The van der Waals surface area contributed by atoms with E-state index in [0.717, 1.165) is 5.56 Å². The van der Waals surface area contributed by atoms with Crippen LogP contribution in [0.2, 0.25) is 0 Å². The predicted molar refractivity (Wildman–Crippen MR) is 101 cm³/mol. The van der Waals surface area contributed by atoms with Gasteiger partial charge >= 0.3 is 0 Å². The van der Waals surface area contributed by atoms with Crippen LogP contribution in [0, 0.1) is 5.92 Å². The van der Waals surface area contributed by atoms with Crippen LogP contribution in [0.1, 0.15) is 28.1 Å². The van der Waals surface area contributed by atoms with E-state index in [4.69, 9.17) is 0 Å². The van der Waals surface area contributed by atoms with Crippen LogP contribution in [0.25, 0.3) is 0 Å². The van der Waals surface area contributed by atoms with Crippen LogP contribution >= 0.6 is 23.1 Å². The van der Waals surface area contributed by atoms with Gasteiger partial charge in [-0.05, 0) is 35.9 Å². The SMILES string of the molecule is O=C(NCc1cccnc1)C1CCN(C(=O)c2sccc2SC(F)F)CC1. The number of hydrogen-bond donors (Lipinski definition) is 1. The zero-order chi connectivity index (χ0) is 19.2. The summed E-state index contributed by atoms with van der Waals surface area (Å²) in [4.78, 5) is 31.3. The third kappa shape index (κ3) is 5.26. The molecule has 1 aliphatic rings. The zero-order valence-corrected chi connectivity index (χ0v) is 16.1. The minimum Gasteiger partial charge on any atom is -0.352 e. The van der Waals surface area contributed by atoms with Gasteiger partial charge in [0.25, 0.3) is 11.7 Å². The second-order valence-electron chi connectivity index (χ2n) is 6.14. The molecule has 2 aromatic heterocycles. The lowest BCUT2D eigenvalue weighted by molar-refractivity contribution is -0.126. The number of carbonyl (C=O) groups is 2. The number of rotatable bonds is 6. The third-order valence-electron chi connectivity index (χ3n) is 4.38. The molecule has 9 heteroatoms. The maximum absolute atomic E-state index is 12.6. The van der Waals surface area contributed by atoms with Crippen molar-refractivity contribution in [3.63, 3.8) is 0 Å². The first-order valence-electron chi connectivity index (χ1n) is 8.53. The van der Waals surface area contributed by atoms with Crippen molar-refractivity contribution in [1.29, 1.82) is 0 Å². The number of thioether (sulfide) groups is 1. The minimum atomic E-state index is -2.56. The Labute approximate surface area is 164 Å². The smallest absolute Gasteiger partial charge is 0.288 e. The van der Waals surface area contributed by atoms with E-state index in [1.165, 1.54) is 11.3 Å². The molecule has 0 unspecified atom stereocenters. The van der Waals surface area contributed by atoms with Crippen molar-refractivity contribution >= 4 is 34.9 Å². The van der Waals surface area contributed by atoms with Crippen LogP contribution in [0.4, 0.5) is 8.78 Å². The summed E-state index contributed by atoms with van der Waals surface area (Å²) in [5.41, 5.74) is 0.931. The molecule has 0 bridgehead atoms. The lowest BCUT2D eigenvalue weighted by Crippen LogP contribution is -2.42. The summed E-state index contributed by atoms with van der Waals surface area (Å²) in [5, 5.41) is 4.55. The van der Waals surface area contributed by atoms with Crippen LogP contribution in [-0.4, -0.2) is 40.5 Å². The second-order valence-corrected chi connectivity index (χ2v) is 8.09. The molecule has 144 valence electrons. The number of hydrogen-bond acceptors (Lipinski definition) is 5. The number of amides is 2. The summed E-state index contributed by atoms with van der Waals surface area (Å²) < 4.78 is 25.2. The van der Waals surface area contributed by atoms with Gasteiger partial charge < -0.3 is 10.2 Å². The van der Waals surface area contributed by atoms with Crippen LogP contribution in [0.15, 0.2) is 40.9 Å². The maximum Gasteiger partial charge on any atom is 0.288 e. The van der Waals surface area contributed by atoms with Gasteiger partial charge in [0, 0.05) is 42.8 Å². The standard InChI is InChI=1S/C18H19F2N3O2S2/c19-18(20)27-14-5-9-26-15(14)17(25)23-7-3-13(4-8-23)16(24)22-11-12-2-1-6-21-10-12/h1-2,5-6,9-10,13,18H,3-4,7-8,11H2,(H,22,24). The van der Waals surface area contributed by atoms with Gasteiger partial charge in [0.1, 0.15) is 4.88 Å². The van der Waals surface area contributed by atoms with Crippen molar-refractivity contribution in [1.82, 2.24) is 15.2 Å². The Morgan fingerprint density at radius 3 is 2.78 bits per heavy atom. The van der Waals surface area contributed by atoms with Gasteiger partial charge in [-0.25, -0.2) is 0 Å². The number of carbonyl (C=O) groups excluding carboxylic acids is 2. The molecule has 2 aromatic rings. The fraction of sp³-hybridized carbons (Fsp3) is 0.389. The Morgan fingerprint density at radius 2 is 2.11 bits per heavy atom. The number of halogens is 2. The summed E-state index contributed by atoms with van der Waals surface area (Å²) >= 11 is 1.57. The topological polar surface area (TPSA) is 62.3 Å². The number of alkyl halides is 2. The van der Waals surface area contributed by atoms with Gasteiger partial charge in [-0.1, -0.05) is 17.8 Å². The lowest BCUT2D eigenvalue weighted by Gasteiger charge is -2.31. The Balaban J connectivity index is 1.50. The number of piperidine rings is 1. The van der Waals surface area contributed by atoms with Crippen LogP contribution in [-0.2, 0) is 11.3 Å². The first-order chi connectivity index (χ1) is 13.0. The zero-order valence-electron chi connectivity index (χ0n) is 14.4. The molecule has 27 heavy (non-hydrogen) atoms. The summed E-state index contributed by atoms with van der Waals surface area (Å²) in [6.07, 6.45) is 4.51. The highest BCUT2D eigenvalue weighted by Crippen LogP contribution is 2.33. The molecule has 0 atom stereocenters. The van der Waals surface area contributed by atoms with Crippen molar-refractivity contribution in [2.75, 3.05) is 13.1 Å². The molecule has 3 heterocycles. The first-order valence-corrected chi connectivity index (χ1v) is 10.3. The average molecular weight is 411 g/mol. The molecule has 0 aromatic carbocycles. The molecule has 0 saturated carbocycles. The number of nitrogens with zero attached hydrogens (tertiary/aromatic N) is 2. The Kier molecular flexibility index (Phi) is 6.78. The third-order valence-corrected chi connectivity index (χ3v) is 6.19. The van der Waals surface area contributed by atoms with Crippen LogP contribution in [0.5, 0.6) is 0 Å². The lowest BCUT2D eigenvalue weighted by atomic mass is 9.95. The van der Waals surface area contributed by atoms with Crippen molar-refractivity contribution in [2.45, 2.75) is 30.0 Å². The van der Waals surface area contributed by atoms with Gasteiger partial charge in [-0.2, -0.15) is 8.78 Å². The second kappa shape index (κ2) is 9.27. The van der Waals surface area contributed by atoms with E-state index in [1.807, 2.05) is 12.1 Å². The maximum atomic E-state index is 12.6. The largest absolute Gasteiger partial charge is 0.352 e. The molecule has 3 rings (SSSR count).